The Hall–Kier alpha value is -2.04. The first kappa shape index (κ1) is 20.3. The van der Waals surface area contributed by atoms with Crippen molar-refractivity contribution >= 4 is 11.9 Å². The molecule has 1 fully saturated rings. The Morgan fingerprint density at radius 1 is 1.12 bits per heavy atom. The summed E-state index contributed by atoms with van der Waals surface area (Å²) >= 11 is 0. The molecule has 0 radical (unpaired) electrons. The summed E-state index contributed by atoms with van der Waals surface area (Å²) < 4.78 is 0. The van der Waals surface area contributed by atoms with Crippen LogP contribution in [0.15, 0.2) is 30.3 Å². The van der Waals surface area contributed by atoms with E-state index in [1.807, 2.05) is 25.1 Å². The molecule has 3 N–H and O–H groups in total. The van der Waals surface area contributed by atoms with Gasteiger partial charge in [0.15, 0.2) is 0 Å². The monoisotopic (exact) mass is 359 g/mol. The molecule has 0 unspecified atom stereocenters. The fourth-order valence-corrected chi connectivity index (χ4v) is 4.10. The minimum atomic E-state index is -0.772. The number of urea groups is 1. The van der Waals surface area contributed by atoms with E-state index in [1.54, 1.807) is 7.05 Å². The zero-order chi connectivity index (χ0) is 19.2. The molecular formula is C21H33N3O2. The summed E-state index contributed by atoms with van der Waals surface area (Å²) in [6.45, 7) is 6.38. The minimum absolute atomic E-state index is 0.00413. The van der Waals surface area contributed by atoms with Crippen LogP contribution in [0.5, 0.6) is 0 Å². The van der Waals surface area contributed by atoms with Gasteiger partial charge in [0.05, 0.1) is 0 Å². The van der Waals surface area contributed by atoms with Crippen molar-refractivity contribution < 1.29 is 9.59 Å². The van der Waals surface area contributed by atoms with Crippen LogP contribution in [0.1, 0.15) is 64.9 Å². The van der Waals surface area contributed by atoms with Gasteiger partial charge >= 0.3 is 6.03 Å². The maximum absolute atomic E-state index is 12.6. The largest absolute Gasteiger partial charge is 0.357 e. The second-order valence-corrected chi connectivity index (χ2v) is 8.18. The van der Waals surface area contributed by atoms with E-state index < -0.39 is 5.54 Å². The van der Waals surface area contributed by atoms with E-state index in [9.17, 15) is 9.59 Å². The van der Waals surface area contributed by atoms with E-state index in [1.165, 1.54) is 5.56 Å². The molecule has 1 aromatic rings. The molecule has 0 saturated heterocycles. The number of hydrogen-bond acceptors (Lipinski definition) is 2. The predicted octanol–water partition coefficient (Wildman–Crippen LogP) is 3.49. The summed E-state index contributed by atoms with van der Waals surface area (Å²) in [5.74, 6) is -0.0929. The Bertz CT molecular complexity index is 607. The molecule has 1 aliphatic rings. The van der Waals surface area contributed by atoms with Gasteiger partial charge in [-0.2, -0.15) is 0 Å². The van der Waals surface area contributed by atoms with Crippen LogP contribution in [0.4, 0.5) is 4.79 Å². The summed E-state index contributed by atoms with van der Waals surface area (Å²) in [6.07, 6.45) is 5.25. The third kappa shape index (κ3) is 4.99. The van der Waals surface area contributed by atoms with Crippen LogP contribution in [0.2, 0.25) is 0 Å². The van der Waals surface area contributed by atoms with E-state index in [2.05, 4.69) is 41.9 Å². The Morgan fingerprint density at radius 3 is 2.31 bits per heavy atom. The van der Waals surface area contributed by atoms with Gasteiger partial charge < -0.3 is 16.0 Å². The molecule has 1 saturated carbocycles. The molecule has 26 heavy (non-hydrogen) atoms. The van der Waals surface area contributed by atoms with Crippen molar-refractivity contribution in [3.63, 3.8) is 0 Å². The number of amides is 3. The van der Waals surface area contributed by atoms with E-state index in [4.69, 9.17) is 0 Å². The van der Waals surface area contributed by atoms with Gasteiger partial charge in [0.25, 0.3) is 0 Å². The molecule has 2 rings (SSSR count). The first-order valence-corrected chi connectivity index (χ1v) is 9.65. The van der Waals surface area contributed by atoms with Crippen molar-refractivity contribution in [3.05, 3.63) is 35.9 Å². The molecule has 0 aliphatic heterocycles. The number of carbonyl (C=O) groups is 2. The quantitative estimate of drug-likeness (QED) is 0.728. The molecule has 3 amide bonds. The number of hydrogen-bond donors (Lipinski definition) is 3. The lowest BCUT2D eigenvalue weighted by molar-refractivity contribution is -0.128. The second kappa shape index (κ2) is 8.56. The van der Waals surface area contributed by atoms with Gasteiger partial charge in [-0.05, 0) is 37.2 Å². The molecule has 5 nitrogen and oxygen atoms in total. The van der Waals surface area contributed by atoms with Gasteiger partial charge in [0.1, 0.15) is 5.54 Å². The van der Waals surface area contributed by atoms with Crippen LogP contribution in [0.25, 0.3) is 0 Å². The molecule has 0 spiro atoms. The molecule has 0 aromatic heterocycles. The van der Waals surface area contributed by atoms with Crippen molar-refractivity contribution in [3.8, 4) is 0 Å². The van der Waals surface area contributed by atoms with Crippen LogP contribution in [-0.2, 0) is 10.2 Å². The second-order valence-electron chi connectivity index (χ2n) is 8.18. The third-order valence-corrected chi connectivity index (χ3v) is 5.47. The van der Waals surface area contributed by atoms with Crippen LogP contribution in [-0.4, -0.2) is 30.6 Å². The van der Waals surface area contributed by atoms with Gasteiger partial charge in [-0.25, -0.2) is 4.79 Å². The molecule has 1 aromatic carbocycles. The van der Waals surface area contributed by atoms with Crippen molar-refractivity contribution in [2.75, 3.05) is 7.05 Å². The van der Waals surface area contributed by atoms with Crippen molar-refractivity contribution in [1.29, 1.82) is 0 Å². The lowest BCUT2D eigenvalue weighted by Gasteiger charge is -2.37. The molecule has 1 aliphatic carbocycles. The highest BCUT2D eigenvalue weighted by molar-refractivity contribution is 5.91. The van der Waals surface area contributed by atoms with E-state index in [0.29, 0.717) is 12.8 Å². The topological polar surface area (TPSA) is 70.2 Å². The third-order valence-electron chi connectivity index (χ3n) is 5.47. The molecule has 0 heterocycles. The van der Waals surface area contributed by atoms with Gasteiger partial charge in [0, 0.05) is 13.1 Å². The fourth-order valence-electron chi connectivity index (χ4n) is 4.10. The van der Waals surface area contributed by atoms with Crippen LogP contribution >= 0.6 is 0 Å². The maximum atomic E-state index is 12.6. The fraction of sp³-hybridized carbons (Fsp3) is 0.619. The Kier molecular flexibility index (Phi) is 6.68. The number of likely N-dealkylation sites (N-methyl/N-ethyl adjacent to an activating group) is 1. The maximum Gasteiger partial charge on any atom is 0.315 e. The van der Waals surface area contributed by atoms with Crippen molar-refractivity contribution in [2.45, 2.75) is 76.3 Å². The Balaban J connectivity index is 1.96. The molecule has 144 valence electrons. The Morgan fingerprint density at radius 2 is 1.73 bits per heavy atom. The zero-order valence-electron chi connectivity index (χ0n) is 16.5. The van der Waals surface area contributed by atoms with E-state index >= 15 is 0 Å². The molecule has 5 heteroatoms. The first-order chi connectivity index (χ1) is 12.3. The summed E-state index contributed by atoms with van der Waals surface area (Å²) in [4.78, 5) is 24.9. The summed E-state index contributed by atoms with van der Waals surface area (Å²) in [5, 5.41) is 8.72. The number of nitrogens with one attached hydrogen (secondary N) is 3. The van der Waals surface area contributed by atoms with Crippen LogP contribution < -0.4 is 16.0 Å². The van der Waals surface area contributed by atoms with E-state index in [0.717, 1.165) is 25.7 Å². The summed E-state index contributed by atoms with van der Waals surface area (Å²) in [7, 11) is 1.63. The number of carbonyl (C=O) groups excluding carboxylic acids is 2. The normalized spacial score (nSPS) is 17.8. The summed E-state index contributed by atoms with van der Waals surface area (Å²) in [5.41, 5.74) is 0.436. The lowest BCUT2D eigenvalue weighted by atomic mass is 9.79. The van der Waals surface area contributed by atoms with Gasteiger partial charge in [-0.1, -0.05) is 63.4 Å². The highest BCUT2D eigenvalue weighted by Crippen LogP contribution is 2.29. The predicted molar refractivity (Wildman–Crippen MR) is 105 cm³/mol. The van der Waals surface area contributed by atoms with Crippen LogP contribution in [0.3, 0.4) is 0 Å². The number of rotatable bonds is 6. The van der Waals surface area contributed by atoms with Crippen molar-refractivity contribution in [2.24, 2.45) is 0 Å². The van der Waals surface area contributed by atoms with E-state index in [-0.39, 0.29) is 23.4 Å². The average molecular weight is 360 g/mol. The van der Waals surface area contributed by atoms with Gasteiger partial charge in [0.2, 0.25) is 5.91 Å². The van der Waals surface area contributed by atoms with Gasteiger partial charge in [-0.15, -0.1) is 0 Å². The molecule has 0 bridgehead atoms. The Labute approximate surface area is 157 Å². The SMILES string of the molecule is CNC(=O)C1(NC(=O)N[C@@H](C)CC(C)(C)c2ccccc2)CCCCC1. The molecule has 1 atom stereocenters. The van der Waals surface area contributed by atoms with Crippen molar-refractivity contribution in [1.82, 2.24) is 16.0 Å². The lowest BCUT2D eigenvalue weighted by Crippen LogP contribution is -2.61. The summed E-state index contributed by atoms with van der Waals surface area (Å²) in [6, 6.07) is 10.1. The molecular weight excluding hydrogens is 326 g/mol. The first-order valence-electron chi connectivity index (χ1n) is 9.65. The minimum Gasteiger partial charge on any atom is -0.357 e. The standard InChI is InChI=1S/C21H33N3O2/c1-16(15-20(2,3)17-11-7-5-8-12-17)23-19(26)24-21(18(25)22-4)13-9-6-10-14-21/h5,7-8,11-12,16H,6,9-10,13-15H2,1-4H3,(H,22,25)(H2,23,24,26)/t16-/m0/s1. The highest BCUT2D eigenvalue weighted by atomic mass is 16.2. The highest BCUT2D eigenvalue weighted by Gasteiger charge is 2.40. The average Bonchev–Trinajstić information content (AvgIpc) is 2.61. The smallest absolute Gasteiger partial charge is 0.315 e. The zero-order valence-corrected chi connectivity index (χ0v) is 16.5. The number of benzene rings is 1. The van der Waals surface area contributed by atoms with Crippen LogP contribution in [0, 0.1) is 0 Å². The van der Waals surface area contributed by atoms with Gasteiger partial charge in [-0.3, -0.25) is 4.79 Å².